The summed E-state index contributed by atoms with van der Waals surface area (Å²) in [7, 11) is 1.75. The summed E-state index contributed by atoms with van der Waals surface area (Å²) in [6, 6.07) is 6.08. The molecule has 2 fully saturated rings. The van der Waals surface area contributed by atoms with Crippen LogP contribution in [-0.2, 0) is 21.5 Å². The lowest BCUT2D eigenvalue weighted by Crippen LogP contribution is -2.56. The summed E-state index contributed by atoms with van der Waals surface area (Å²) in [5, 5.41) is 5.57. The molecule has 5 nitrogen and oxygen atoms in total. The lowest BCUT2D eigenvalue weighted by atomic mass is 9.61. The van der Waals surface area contributed by atoms with E-state index in [1.54, 1.807) is 7.11 Å². The standard InChI is InChI=1S/C20H26N2O3/c1-12(2)13-4-5-14-11-19(8-6-15(25-3)7-9-19)20(16(14)10-13)17(23)21-18(24)22-20/h4-5,10,12,15H,6-9,11H2,1-3H3,(H2,21,22,23,24)/t15-,19-,20?. The summed E-state index contributed by atoms with van der Waals surface area (Å²) in [5.41, 5.74) is 2.21. The number of fused-ring (bicyclic) bond motifs is 3. The van der Waals surface area contributed by atoms with E-state index in [4.69, 9.17) is 4.74 Å². The zero-order chi connectivity index (χ0) is 17.8. The molecule has 25 heavy (non-hydrogen) atoms. The molecule has 1 aromatic rings. The van der Waals surface area contributed by atoms with Gasteiger partial charge in [-0.1, -0.05) is 32.0 Å². The molecule has 2 N–H and O–H groups in total. The van der Waals surface area contributed by atoms with Crippen LogP contribution in [0.25, 0.3) is 0 Å². The number of carbonyl (C=O) groups excluding carboxylic acids is 2. The molecule has 2 spiro atoms. The monoisotopic (exact) mass is 342 g/mol. The molecular weight excluding hydrogens is 316 g/mol. The molecule has 3 aliphatic rings. The minimum absolute atomic E-state index is 0.187. The summed E-state index contributed by atoms with van der Waals surface area (Å²) >= 11 is 0. The van der Waals surface area contributed by atoms with Gasteiger partial charge >= 0.3 is 6.03 Å². The number of methoxy groups -OCH3 is 1. The normalized spacial score (nSPS) is 33.8. The number of hydrogen-bond acceptors (Lipinski definition) is 3. The van der Waals surface area contributed by atoms with Gasteiger partial charge < -0.3 is 10.1 Å². The van der Waals surface area contributed by atoms with Crippen LogP contribution in [0.15, 0.2) is 18.2 Å². The molecule has 1 aromatic carbocycles. The first kappa shape index (κ1) is 16.6. The van der Waals surface area contributed by atoms with Crippen LogP contribution in [0.4, 0.5) is 4.79 Å². The van der Waals surface area contributed by atoms with E-state index < -0.39 is 5.54 Å². The Hall–Kier alpha value is -1.88. The Kier molecular flexibility index (Phi) is 3.69. The van der Waals surface area contributed by atoms with Crippen molar-refractivity contribution in [2.45, 2.75) is 63.5 Å². The van der Waals surface area contributed by atoms with Crippen molar-refractivity contribution >= 4 is 11.9 Å². The zero-order valence-electron chi connectivity index (χ0n) is 15.1. The number of hydrogen-bond donors (Lipinski definition) is 2. The molecule has 2 aliphatic carbocycles. The Morgan fingerprint density at radius 1 is 1.20 bits per heavy atom. The number of amides is 3. The third-order valence-electron chi connectivity index (χ3n) is 6.62. The molecular formula is C20H26N2O3. The van der Waals surface area contributed by atoms with Crippen molar-refractivity contribution in [2.24, 2.45) is 5.41 Å². The van der Waals surface area contributed by atoms with E-state index in [0.29, 0.717) is 5.92 Å². The number of ether oxygens (including phenoxy) is 1. The molecule has 134 valence electrons. The average molecular weight is 342 g/mol. The van der Waals surface area contributed by atoms with Gasteiger partial charge in [-0.15, -0.1) is 0 Å². The molecule has 1 atom stereocenters. The molecule has 5 heteroatoms. The third kappa shape index (κ3) is 2.18. The maximum Gasteiger partial charge on any atom is 0.322 e. The van der Waals surface area contributed by atoms with Crippen molar-refractivity contribution in [3.63, 3.8) is 0 Å². The molecule has 1 heterocycles. The Morgan fingerprint density at radius 3 is 2.48 bits per heavy atom. The smallest absolute Gasteiger partial charge is 0.322 e. The van der Waals surface area contributed by atoms with E-state index in [0.717, 1.165) is 37.7 Å². The second-order valence-corrected chi connectivity index (χ2v) is 8.12. The molecule has 0 radical (unpaired) electrons. The highest BCUT2D eigenvalue weighted by Crippen LogP contribution is 2.59. The van der Waals surface area contributed by atoms with Crippen molar-refractivity contribution in [3.05, 3.63) is 34.9 Å². The van der Waals surface area contributed by atoms with Crippen LogP contribution in [0.1, 0.15) is 62.1 Å². The van der Waals surface area contributed by atoms with Gasteiger partial charge in [-0.05, 0) is 54.7 Å². The van der Waals surface area contributed by atoms with Gasteiger partial charge in [0.1, 0.15) is 0 Å². The van der Waals surface area contributed by atoms with Crippen LogP contribution in [0.3, 0.4) is 0 Å². The highest BCUT2D eigenvalue weighted by Gasteiger charge is 2.66. The fraction of sp³-hybridized carbons (Fsp3) is 0.600. The van der Waals surface area contributed by atoms with Gasteiger partial charge in [-0.2, -0.15) is 0 Å². The molecule has 0 aromatic heterocycles. The first-order valence-corrected chi connectivity index (χ1v) is 9.21. The number of benzene rings is 1. The third-order valence-corrected chi connectivity index (χ3v) is 6.62. The van der Waals surface area contributed by atoms with Crippen LogP contribution >= 0.6 is 0 Å². The van der Waals surface area contributed by atoms with Crippen LogP contribution in [0.5, 0.6) is 0 Å². The van der Waals surface area contributed by atoms with Gasteiger partial charge in [-0.3, -0.25) is 10.1 Å². The number of carbonyl (C=O) groups is 2. The molecule has 0 bridgehead atoms. The van der Waals surface area contributed by atoms with Crippen LogP contribution in [0.2, 0.25) is 0 Å². The first-order chi connectivity index (χ1) is 11.9. The molecule has 1 unspecified atom stereocenters. The quantitative estimate of drug-likeness (QED) is 0.812. The lowest BCUT2D eigenvalue weighted by Gasteiger charge is -2.46. The van der Waals surface area contributed by atoms with E-state index in [2.05, 4.69) is 42.7 Å². The Morgan fingerprint density at radius 2 is 1.92 bits per heavy atom. The number of imide groups is 1. The fourth-order valence-corrected chi connectivity index (χ4v) is 5.19. The number of urea groups is 1. The highest BCUT2D eigenvalue weighted by molar-refractivity contribution is 6.08. The second-order valence-electron chi connectivity index (χ2n) is 8.12. The molecule has 1 saturated heterocycles. The van der Waals surface area contributed by atoms with Gasteiger partial charge in [-0.25, -0.2) is 4.79 Å². The lowest BCUT2D eigenvalue weighted by molar-refractivity contribution is -0.131. The predicted molar refractivity (Wildman–Crippen MR) is 94.3 cm³/mol. The molecule has 1 aliphatic heterocycles. The van der Waals surface area contributed by atoms with Crippen molar-refractivity contribution in [1.29, 1.82) is 0 Å². The number of rotatable bonds is 2. The maximum absolute atomic E-state index is 13.1. The molecule has 3 amide bonds. The van der Waals surface area contributed by atoms with E-state index >= 15 is 0 Å². The summed E-state index contributed by atoms with van der Waals surface area (Å²) in [5.74, 6) is 0.191. The largest absolute Gasteiger partial charge is 0.381 e. The topological polar surface area (TPSA) is 67.4 Å². The first-order valence-electron chi connectivity index (χ1n) is 9.21. The van der Waals surface area contributed by atoms with Gasteiger partial charge in [0.25, 0.3) is 5.91 Å². The highest BCUT2D eigenvalue weighted by atomic mass is 16.5. The van der Waals surface area contributed by atoms with Crippen LogP contribution in [-0.4, -0.2) is 25.2 Å². The Balaban J connectivity index is 1.85. The Bertz CT molecular complexity index is 734. The van der Waals surface area contributed by atoms with Gasteiger partial charge in [0, 0.05) is 12.5 Å². The minimum Gasteiger partial charge on any atom is -0.381 e. The SMILES string of the molecule is CO[C@H]1CC[C@]2(CC1)Cc1ccc(C(C)C)cc1C21NC(=O)NC1=O. The summed E-state index contributed by atoms with van der Waals surface area (Å²) in [6.07, 6.45) is 4.69. The van der Waals surface area contributed by atoms with Gasteiger partial charge in [0.05, 0.1) is 6.10 Å². The molecule has 4 rings (SSSR count). The Labute approximate surface area is 148 Å². The number of nitrogens with one attached hydrogen (secondary N) is 2. The maximum atomic E-state index is 13.1. The van der Waals surface area contributed by atoms with Crippen LogP contribution in [0, 0.1) is 5.41 Å². The summed E-state index contributed by atoms with van der Waals surface area (Å²) < 4.78 is 5.53. The summed E-state index contributed by atoms with van der Waals surface area (Å²) in [4.78, 5) is 25.2. The fourth-order valence-electron chi connectivity index (χ4n) is 5.19. The van der Waals surface area contributed by atoms with Crippen molar-refractivity contribution in [3.8, 4) is 0 Å². The van der Waals surface area contributed by atoms with E-state index in [-0.39, 0.29) is 23.5 Å². The van der Waals surface area contributed by atoms with E-state index in [9.17, 15) is 9.59 Å². The van der Waals surface area contributed by atoms with Crippen molar-refractivity contribution < 1.29 is 14.3 Å². The second kappa shape index (κ2) is 5.56. The van der Waals surface area contributed by atoms with Crippen molar-refractivity contribution in [1.82, 2.24) is 10.6 Å². The average Bonchev–Trinajstić information content (AvgIpc) is 3.04. The predicted octanol–water partition coefficient (Wildman–Crippen LogP) is 2.98. The van der Waals surface area contributed by atoms with Gasteiger partial charge in [0.15, 0.2) is 5.54 Å². The van der Waals surface area contributed by atoms with E-state index in [1.807, 2.05) is 0 Å². The zero-order valence-corrected chi connectivity index (χ0v) is 15.1. The minimum atomic E-state index is -0.928. The van der Waals surface area contributed by atoms with Gasteiger partial charge in [0.2, 0.25) is 0 Å². The van der Waals surface area contributed by atoms with E-state index in [1.165, 1.54) is 11.1 Å². The van der Waals surface area contributed by atoms with Crippen molar-refractivity contribution in [2.75, 3.05) is 7.11 Å². The summed E-state index contributed by atoms with van der Waals surface area (Å²) in [6.45, 7) is 4.30. The molecule has 1 saturated carbocycles. The van der Waals surface area contributed by atoms with Crippen LogP contribution < -0.4 is 10.6 Å².